The van der Waals surface area contributed by atoms with Crippen molar-refractivity contribution < 1.29 is 76.8 Å². The van der Waals surface area contributed by atoms with Crippen molar-refractivity contribution >= 4 is 59.3 Å². The van der Waals surface area contributed by atoms with Gasteiger partial charge in [0.05, 0.1) is 49.2 Å². The van der Waals surface area contributed by atoms with Crippen LogP contribution in [-0.2, 0) is 62.1 Å². The predicted octanol–water partition coefficient (Wildman–Crippen LogP) is 12.5. The monoisotopic (exact) mass is 1370 g/mol. The summed E-state index contributed by atoms with van der Waals surface area (Å²) in [7, 11) is 9.31. The van der Waals surface area contributed by atoms with Gasteiger partial charge in [0.2, 0.25) is 11.8 Å². The molecule has 2 unspecified atom stereocenters. The first-order valence-corrected chi connectivity index (χ1v) is 34.9. The number of carboxylic acids is 1. The molecule has 7 rings (SSSR count). The lowest BCUT2D eigenvalue weighted by Crippen LogP contribution is -2.53. The molecule has 4 aromatic rings. The normalized spacial score (nSPS) is 16.4. The number of hydroxylamine groups is 2. The molecule has 2 aliphatic carbocycles. The fourth-order valence-corrected chi connectivity index (χ4v) is 14.7. The molecule has 0 bridgehead atoms. The van der Waals surface area contributed by atoms with Gasteiger partial charge in [0, 0.05) is 91.8 Å². The lowest BCUT2D eigenvalue weighted by atomic mass is 9.83. The van der Waals surface area contributed by atoms with Gasteiger partial charge in [-0.2, -0.15) is 0 Å². The summed E-state index contributed by atoms with van der Waals surface area (Å²) in [5, 5.41) is 9.97. The second-order valence-electron chi connectivity index (χ2n) is 28.3. The van der Waals surface area contributed by atoms with E-state index in [-0.39, 0.29) is 122 Å². The van der Waals surface area contributed by atoms with Crippen LogP contribution < -0.4 is 0 Å². The van der Waals surface area contributed by atoms with E-state index in [9.17, 15) is 53.1 Å². The third kappa shape index (κ3) is 19.0. The molecular formula is C78H107N5O16. The summed E-state index contributed by atoms with van der Waals surface area (Å²) in [5.74, 6) is -6.75. The molecule has 10 atom stereocenters. The molecular weight excluding hydrogens is 1260 g/mol. The van der Waals surface area contributed by atoms with Crippen molar-refractivity contribution in [1.29, 1.82) is 0 Å². The summed E-state index contributed by atoms with van der Waals surface area (Å²) in [6.07, 6.45) is -2.16. The minimum atomic E-state index is -1.01. The van der Waals surface area contributed by atoms with Crippen molar-refractivity contribution in [3.63, 3.8) is 0 Å². The van der Waals surface area contributed by atoms with Crippen molar-refractivity contribution in [2.45, 2.75) is 183 Å². The van der Waals surface area contributed by atoms with Crippen LogP contribution in [0.1, 0.15) is 169 Å². The van der Waals surface area contributed by atoms with Gasteiger partial charge < -0.3 is 48.5 Å². The van der Waals surface area contributed by atoms with Crippen LogP contribution in [0.15, 0.2) is 97.1 Å². The second kappa shape index (κ2) is 36.2. The number of carbonyl (C=O) groups is 10. The van der Waals surface area contributed by atoms with E-state index in [4.69, 9.17) is 23.8 Å². The van der Waals surface area contributed by atoms with E-state index in [1.807, 2.05) is 144 Å². The zero-order valence-electron chi connectivity index (χ0n) is 61.4. The minimum absolute atomic E-state index is 0.0268. The Balaban J connectivity index is 0.000000315. The Labute approximate surface area is 585 Å². The maximum absolute atomic E-state index is 14.3. The molecule has 4 aromatic carbocycles. The topological polar surface area (TPSA) is 253 Å². The Kier molecular flexibility index (Phi) is 29.1. The number of fused-ring (bicyclic) bond motifs is 6. The first-order valence-electron chi connectivity index (χ1n) is 34.9. The average molecular weight is 1370 g/mol. The first-order chi connectivity index (χ1) is 46.9. The van der Waals surface area contributed by atoms with Crippen molar-refractivity contribution in [3.05, 3.63) is 119 Å². The van der Waals surface area contributed by atoms with E-state index >= 15 is 0 Å². The van der Waals surface area contributed by atoms with Gasteiger partial charge in [0.1, 0.15) is 13.2 Å². The zero-order chi connectivity index (χ0) is 73.4. The fourth-order valence-electron chi connectivity index (χ4n) is 14.7. The summed E-state index contributed by atoms with van der Waals surface area (Å²) in [6.45, 7) is 23.1. The van der Waals surface area contributed by atoms with Crippen LogP contribution in [0.25, 0.3) is 22.3 Å². The molecule has 21 heteroatoms. The van der Waals surface area contributed by atoms with Crippen LogP contribution in [0.5, 0.6) is 0 Å². The third-order valence-corrected chi connectivity index (χ3v) is 20.4. The van der Waals surface area contributed by atoms with Gasteiger partial charge in [-0.15, -0.1) is 5.06 Å². The number of ketones is 2. The molecule has 0 radical (unpaired) electrons. The Morgan fingerprint density at radius 3 is 1.06 bits per heavy atom. The van der Waals surface area contributed by atoms with Gasteiger partial charge in [-0.05, 0) is 80.0 Å². The molecule has 0 saturated carbocycles. The molecule has 1 N–H and O–H groups in total. The van der Waals surface area contributed by atoms with E-state index in [0.717, 1.165) is 44.5 Å². The SMILES string of the molecule is CC[C@H](C)[C@@H]([C@@H](CC(=O)O)OC)N(C)C(=O)[C@@H](CC(=O)C(C(C)C)N(C)C(=O)OCC1c2ccccc2-c2ccccc21)C(C)C.CC[C@H](C)[C@@H]([C@@H](CC(=O)ON1C(=O)CCC1=O)OC)N(C)C(=O)[C@@H](CC(=O)C(C(C)C)N(C)C(=O)OCC1c2ccccc2-c2ccccc21)C(C)C. The van der Waals surface area contributed by atoms with Gasteiger partial charge in [0.25, 0.3) is 11.8 Å². The summed E-state index contributed by atoms with van der Waals surface area (Å²) < 4.78 is 23.0. The molecule has 1 saturated heterocycles. The van der Waals surface area contributed by atoms with E-state index in [1.54, 1.807) is 38.0 Å². The summed E-state index contributed by atoms with van der Waals surface area (Å²) >= 11 is 0. The number of nitrogens with zero attached hydrogens (tertiary/aromatic N) is 5. The van der Waals surface area contributed by atoms with Gasteiger partial charge in [-0.25, -0.2) is 14.4 Å². The largest absolute Gasteiger partial charge is 0.481 e. The Bertz CT molecular complexity index is 3390. The number of Topliss-reactive ketones (excluding diaryl/α,β-unsaturated/α-hetero) is 2. The summed E-state index contributed by atoms with van der Waals surface area (Å²) in [4.78, 5) is 143. The summed E-state index contributed by atoms with van der Waals surface area (Å²) in [5.41, 5.74) is 8.88. The van der Waals surface area contributed by atoms with Crippen molar-refractivity contribution in [2.75, 3.05) is 55.6 Å². The lowest BCUT2D eigenvalue weighted by molar-refractivity contribution is -0.199. The first kappa shape index (κ1) is 79.7. The van der Waals surface area contributed by atoms with E-state index in [1.165, 1.54) is 24.0 Å². The number of carboxylic acid groups (broad SMARTS) is 1. The maximum atomic E-state index is 14.3. The highest BCUT2D eigenvalue weighted by atomic mass is 16.7. The molecule has 6 amide bonds. The molecule has 1 fully saturated rings. The number of methoxy groups -OCH3 is 2. The highest BCUT2D eigenvalue weighted by Gasteiger charge is 2.44. The van der Waals surface area contributed by atoms with Crippen molar-refractivity contribution in [1.82, 2.24) is 24.7 Å². The Morgan fingerprint density at radius 1 is 0.465 bits per heavy atom. The minimum Gasteiger partial charge on any atom is -0.481 e. The molecule has 99 heavy (non-hydrogen) atoms. The van der Waals surface area contributed by atoms with E-state index in [0.29, 0.717) is 17.9 Å². The smallest absolute Gasteiger partial charge is 0.410 e. The van der Waals surface area contributed by atoms with Crippen LogP contribution in [0.3, 0.4) is 0 Å². The average Bonchev–Trinajstić information content (AvgIpc) is 1.65. The number of benzene rings is 4. The van der Waals surface area contributed by atoms with E-state index < -0.39 is 84.2 Å². The van der Waals surface area contributed by atoms with Crippen LogP contribution in [0.4, 0.5) is 9.59 Å². The molecule has 1 aliphatic heterocycles. The number of carbonyl (C=O) groups excluding carboxylic acids is 9. The molecule has 21 nitrogen and oxygen atoms in total. The number of ether oxygens (including phenoxy) is 4. The fraction of sp³-hybridized carbons (Fsp3) is 0.564. The van der Waals surface area contributed by atoms with Crippen molar-refractivity contribution in [2.24, 2.45) is 47.3 Å². The van der Waals surface area contributed by atoms with Crippen LogP contribution in [0, 0.1) is 47.3 Å². The maximum Gasteiger partial charge on any atom is 0.410 e. The quantitative estimate of drug-likeness (QED) is 0.0435. The van der Waals surface area contributed by atoms with Gasteiger partial charge >= 0.3 is 24.1 Å². The second-order valence-corrected chi connectivity index (χ2v) is 28.3. The highest BCUT2D eigenvalue weighted by Crippen LogP contribution is 2.46. The lowest BCUT2D eigenvalue weighted by Gasteiger charge is -2.40. The molecule has 3 aliphatic rings. The number of likely N-dealkylation sites (N-methyl/N-ethyl adjacent to an activating group) is 4. The highest BCUT2D eigenvalue weighted by molar-refractivity contribution is 6.01. The van der Waals surface area contributed by atoms with Crippen molar-refractivity contribution in [3.8, 4) is 22.3 Å². The van der Waals surface area contributed by atoms with Gasteiger partial charge in [-0.3, -0.25) is 33.6 Å². The van der Waals surface area contributed by atoms with E-state index in [2.05, 4.69) is 36.4 Å². The third-order valence-electron chi connectivity index (χ3n) is 20.4. The number of rotatable bonds is 33. The van der Waals surface area contributed by atoms with Crippen LogP contribution >= 0.6 is 0 Å². The number of aliphatic carboxylic acids is 1. The molecule has 0 aromatic heterocycles. The van der Waals surface area contributed by atoms with Crippen LogP contribution in [-0.4, -0.2) is 181 Å². The number of amides is 6. The number of imide groups is 1. The summed E-state index contributed by atoms with van der Waals surface area (Å²) in [6, 6.07) is 29.7. The van der Waals surface area contributed by atoms with Gasteiger partial charge in [0.15, 0.2) is 11.6 Å². The standard InChI is InChI=1S/C41H55N3O9.C37H52N2O7/c1-10-26(6)39(34(51-9)22-37(48)53-44-35(46)19-20-36(44)47)42(7)40(49)31(24(2)3)21-33(45)38(25(4)5)43(8)41(50)52-23-32-29-17-13-11-15-27(29)28-16-12-14-18-30(28)32;1-10-24(6)35(32(45-9)20-33(41)42)38(7)36(43)29(22(2)3)19-31(40)34(23(4)5)39(8)37(44)46-21-30-27-17-13-11-15-25(27)26-16-12-14-18-28(26)30/h11-18,24-26,31-32,34,38-39H,10,19-23H2,1-9H3;11-18,22-24,29-30,32,34-35H,10,19-21H2,1-9H3,(H,41,42)/t26-,31-,34+,38?,39-;24-,29-,32+,34?,35-/m00/s1. The number of hydrogen-bond acceptors (Lipinski definition) is 15. The van der Waals surface area contributed by atoms with Crippen LogP contribution in [0.2, 0.25) is 0 Å². The number of hydrogen-bond donors (Lipinski definition) is 1. The molecule has 1 heterocycles. The predicted molar refractivity (Wildman–Crippen MR) is 376 cm³/mol. The molecule has 540 valence electrons. The Hall–Kier alpha value is -8.30. The Morgan fingerprint density at radius 2 is 0.778 bits per heavy atom. The molecule has 0 spiro atoms. The van der Waals surface area contributed by atoms with Gasteiger partial charge in [-0.1, -0.05) is 193 Å². The zero-order valence-corrected chi connectivity index (χ0v) is 61.4.